The van der Waals surface area contributed by atoms with Crippen molar-refractivity contribution in [1.29, 1.82) is 0 Å². The Morgan fingerprint density at radius 1 is 1.38 bits per heavy atom. The average Bonchev–Trinajstić information content (AvgIpc) is 2.36. The van der Waals surface area contributed by atoms with Gasteiger partial charge in [-0.15, -0.1) is 0 Å². The Balaban J connectivity index is 2.10. The molecule has 118 valence electrons. The molecule has 0 spiro atoms. The van der Waals surface area contributed by atoms with Gasteiger partial charge in [-0.25, -0.2) is 13.1 Å². The van der Waals surface area contributed by atoms with Gasteiger partial charge in [-0.1, -0.05) is 0 Å². The normalized spacial score (nSPS) is 17.6. The summed E-state index contributed by atoms with van der Waals surface area (Å²) in [6.45, 7) is 5.73. The fourth-order valence-electron chi connectivity index (χ4n) is 2.25. The third-order valence-electron chi connectivity index (χ3n) is 3.69. The van der Waals surface area contributed by atoms with Crippen LogP contribution in [0.1, 0.15) is 38.7 Å². The topological polar surface area (TPSA) is 75.6 Å². The molecule has 6 heteroatoms. The van der Waals surface area contributed by atoms with Crippen LogP contribution in [0.4, 0.5) is 0 Å². The van der Waals surface area contributed by atoms with E-state index in [0.717, 1.165) is 12.0 Å². The molecule has 1 aromatic carbocycles. The van der Waals surface area contributed by atoms with Crippen LogP contribution in [0.2, 0.25) is 0 Å². The zero-order valence-corrected chi connectivity index (χ0v) is 13.5. The minimum absolute atomic E-state index is 0.0390. The van der Waals surface area contributed by atoms with Gasteiger partial charge in [0.05, 0.1) is 16.6 Å². The standard InChI is InChI=1S/C15H23NO4S/c1-11(2)20-14-6-5-13(9-12(14)3)21(18,19)16-10-15(17)7-4-8-15/h5-6,9,11,16-17H,4,7-8,10H2,1-3H3. The first-order valence-corrected chi connectivity index (χ1v) is 8.70. The molecule has 0 aromatic heterocycles. The second kappa shape index (κ2) is 5.94. The monoisotopic (exact) mass is 313 g/mol. The van der Waals surface area contributed by atoms with E-state index in [9.17, 15) is 13.5 Å². The number of hydrogen-bond donors (Lipinski definition) is 2. The van der Waals surface area contributed by atoms with Gasteiger partial charge in [0.1, 0.15) is 5.75 Å². The lowest BCUT2D eigenvalue weighted by molar-refractivity contribution is -0.0270. The summed E-state index contributed by atoms with van der Waals surface area (Å²) in [5.41, 5.74) is -0.100. The maximum Gasteiger partial charge on any atom is 0.240 e. The Morgan fingerprint density at radius 3 is 2.52 bits per heavy atom. The first kappa shape index (κ1) is 16.3. The first-order valence-electron chi connectivity index (χ1n) is 7.21. The Hall–Kier alpha value is -1.11. The third kappa shape index (κ3) is 3.96. The minimum Gasteiger partial charge on any atom is -0.491 e. The minimum atomic E-state index is -3.60. The van der Waals surface area contributed by atoms with Crippen LogP contribution in [-0.4, -0.2) is 31.8 Å². The number of ether oxygens (including phenoxy) is 1. The van der Waals surface area contributed by atoms with Gasteiger partial charge in [0.15, 0.2) is 0 Å². The Morgan fingerprint density at radius 2 is 2.05 bits per heavy atom. The second-order valence-electron chi connectivity index (χ2n) is 6.00. The van der Waals surface area contributed by atoms with E-state index in [2.05, 4.69) is 4.72 Å². The third-order valence-corrected chi connectivity index (χ3v) is 5.09. The number of aliphatic hydroxyl groups is 1. The molecule has 1 fully saturated rings. The molecule has 2 rings (SSSR count). The molecule has 0 aliphatic heterocycles. The molecule has 5 nitrogen and oxygen atoms in total. The molecule has 1 aliphatic carbocycles. The largest absolute Gasteiger partial charge is 0.491 e. The number of benzene rings is 1. The van der Waals surface area contributed by atoms with E-state index in [1.165, 1.54) is 6.07 Å². The fourth-order valence-corrected chi connectivity index (χ4v) is 3.45. The Bertz CT molecular complexity index is 606. The summed E-state index contributed by atoms with van der Waals surface area (Å²) in [7, 11) is -3.60. The van der Waals surface area contributed by atoms with Gasteiger partial charge in [-0.3, -0.25) is 0 Å². The zero-order chi connectivity index (χ0) is 15.7. The summed E-state index contributed by atoms with van der Waals surface area (Å²) in [6, 6.07) is 4.78. The summed E-state index contributed by atoms with van der Waals surface area (Å²) in [5, 5.41) is 9.97. The predicted molar refractivity (Wildman–Crippen MR) is 80.9 cm³/mol. The second-order valence-corrected chi connectivity index (χ2v) is 7.76. The summed E-state index contributed by atoms with van der Waals surface area (Å²) < 4.78 is 32.6. The molecular formula is C15H23NO4S. The molecule has 21 heavy (non-hydrogen) atoms. The maximum absolute atomic E-state index is 12.2. The maximum atomic E-state index is 12.2. The van der Waals surface area contributed by atoms with Crippen molar-refractivity contribution in [2.75, 3.05) is 6.54 Å². The van der Waals surface area contributed by atoms with E-state index in [1.807, 2.05) is 20.8 Å². The number of rotatable bonds is 6. The van der Waals surface area contributed by atoms with Crippen molar-refractivity contribution in [3.05, 3.63) is 23.8 Å². The highest BCUT2D eigenvalue weighted by Crippen LogP contribution is 2.31. The van der Waals surface area contributed by atoms with Gasteiger partial charge >= 0.3 is 0 Å². The molecule has 0 bridgehead atoms. The van der Waals surface area contributed by atoms with Crippen molar-refractivity contribution in [1.82, 2.24) is 4.72 Å². The molecule has 0 amide bonds. The molecule has 0 unspecified atom stereocenters. The molecule has 0 saturated heterocycles. The van der Waals surface area contributed by atoms with E-state index >= 15 is 0 Å². The van der Waals surface area contributed by atoms with Gasteiger partial charge < -0.3 is 9.84 Å². The van der Waals surface area contributed by atoms with Crippen LogP contribution in [0.25, 0.3) is 0 Å². The van der Waals surface area contributed by atoms with E-state index in [1.54, 1.807) is 12.1 Å². The van der Waals surface area contributed by atoms with Crippen LogP contribution in [0.15, 0.2) is 23.1 Å². The lowest BCUT2D eigenvalue weighted by Crippen LogP contribution is -2.47. The van der Waals surface area contributed by atoms with Crippen LogP contribution in [0, 0.1) is 6.92 Å². The van der Waals surface area contributed by atoms with Crippen LogP contribution in [-0.2, 0) is 10.0 Å². The lowest BCUT2D eigenvalue weighted by atomic mass is 9.81. The zero-order valence-electron chi connectivity index (χ0n) is 12.7. The van der Waals surface area contributed by atoms with Gasteiger partial charge in [0, 0.05) is 6.54 Å². The molecule has 0 atom stereocenters. The smallest absolute Gasteiger partial charge is 0.240 e. The number of hydrogen-bond acceptors (Lipinski definition) is 4. The number of aryl methyl sites for hydroxylation is 1. The lowest BCUT2D eigenvalue weighted by Gasteiger charge is -2.36. The Kier molecular flexibility index (Phi) is 4.60. The first-order chi connectivity index (χ1) is 9.72. The van der Waals surface area contributed by atoms with Crippen molar-refractivity contribution >= 4 is 10.0 Å². The van der Waals surface area contributed by atoms with Crippen molar-refractivity contribution in [3.8, 4) is 5.75 Å². The average molecular weight is 313 g/mol. The fraction of sp³-hybridized carbons (Fsp3) is 0.600. The van der Waals surface area contributed by atoms with E-state index in [0.29, 0.717) is 18.6 Å². The molecule has 1 aliphatic rings. The SMILES string of the molecule is Cc1cc(S(=O)(=O)NCC2(O)CCC2)ccc1OC(C)C. The highest BCUT2D eigenvalue weighted by Gasteiger charge is 2.35. The van der Waals surface area contributed by atoms with E-state index in [-0.39, 0.29) is 17.5 Å². The number of sulfonamides is 1. The summed E-state index contributed by atoms with van der Waals surface area (Å²) in [6.07, 6.45) is 2.28. The van der Waals surface area contributed by atoms with Crippen LogP contribution in [0.5, 0.6) is 5.75 Å². The van der Waals surface area contributed by atoms with E-state index < -0.39 is 15.6 Å². The quantitative estimate of drug-likeness (QED) is 0.842. The van der Waals surface area contributed by atoms with Crippen LogP contribution >= 0.6 is 0 Å². The highest BCUT2D eigenvalue weighted by molar-refractivity contribution is 7.89. The summed E-state index contributed by atoms with van der Waals surface area (Å²) >= 11 is 0. The summed E-state index contributed by atoms with van der Waals surface area (Å²) in [4.78, 5) is 0.194. The predicted octanol–water partition coefficient (Wildman–Crippen LogP) is 1.98. The van der Waals surface area contributed by atoms with Gasteiger partial charge in [0.2, 0.25) is 10.0 Å². The molecular weight excluding hydrogens is 290 g/mol. The molecule has 0 heterocycles. The van der Waals surface area contributed by atoms with Crippen molar-refractivity contribution < 1.29 is 18.3 Å². The molecule has 1 aromatic rings. The Labute approximate surface area is 126 Å². The molecule has 1 saturated carbocycles. The van der Waals surface area contributed by atoms with Crippen molar-refractivity contribution in [3.63, 3.8) is 0 Å². The van der Waals surface area contributed by atoms with Gasteiger partial charge in [0.25, 0.3) is 0 Å². The van der Waals surface area contributed by atoms with Gasteiger partial charge in [-0.05, 0) is 63.8 Å². The van der Waals surface area contributed by atoms with Crippen LogP contribution in [0.3, 0.4) is 0 Å². The number of nitrogens with one attached hydrogen (secondary N) is 1. The van der Waals surface area contributed by atoms with Crippen molar-refractivity contribution in [2.24, 2.45) is 0 Å². The molecule has 2 N–H and O–H groups in total. The summed E-state index contributed by atoms with van der Waals surface area (Å²) in [5.74, 6) is 0.682. The molecule has 0 radical (unpaired) electrons. The van der Waals surface area contributed by atoms with Gasteiger partial charge in [-0.2, -0.15) is 0 Å². The highest BCUT2D eigenvalue weighted by atomic mass is 32.2. The van der Waals surface area contributed by atoms with Crippen molar-refractivity contribution in [2.45, 2.75) is 56.6 Å². The van der Waals surface area contributed by atoms with Crippen LogP contribution < -0.4 is 9.46 Å². The van der Waals surface area contributed by atoms with E-state index in [4.69, 9.17) is 4.74 Å².